The number of benzene rings is 2. The summed E-state index contributed by atoms with van der Waals surface area (Å²) in [5.74, 6) is -0.973. The molecule has 3 aromatic rings. The van der Waals surface area contributed by atoms with E-state index >= 15 is 0 Å². The van der Waals surface area contributed by atoms with Crippen LogP contribution in [0.3, 0.4) is 0 Å². The Balaban J connectivity index is 1.88. The number of nitrogens with zero attached hydrogens (tertiary/aromatic N) is 2. The van der Waals surface area contributed by atoms with E-state index in [1.165, 1.54) is 0 Å². The molecule has 1 atom stereocenters. The molecule has 2 heterocycles. The number of pyridine rings is 1. The number of anilines is 1. The molecule has 1 unspecified atom stereocenters. The van der Waals surface area contributed by atoms with Crippen molar-refractivity contribution in [1.29, 1.82) is 5.26 Å². The first-order valence-corrected chi connectivity index (χ1v) is 9.98. The molecule has 31 heavy (non-hydrogen) atoms. The van der Waals surface area contributed by atoms with Gasteiger partial charge in [-0.3, -0.25) is 4.79 Å². The second-order valence-electron chi connectivity index (χ2n) is 7.28. The van der Waals surface area contributed by atoms with Gasteiger partial charge in [-0.25, -0.2) is 4.98 Å². The van der Waals surface area contributed by atoms with Gasteiger partial charge in [0, 0.05) is 16.6 Å². The number of carbonyl (C=O) groups is 1. The van der Waals surface area contributed by atoms with Crippen LogP contribution in [0.15, 0.2) is 77.4 Å². The zero-order valence-corrected chi connectivity index (χ0v) is 17.7. The highest BCUT2D eigenvalue weighted by atomic mass is 35.5. The van der Waals surface area contributed by atoms with E-state index in [2.05, 4.69) is 16.4 Å². The van der Waals surface area contributed by atoms with Crippen LogP contribution in [0.1, 0.15) is 24.0 Å². The van der Waals surface area contributed by atoms with Gasteiger partial charge in [0.2, 0.25) is 5.88 Å². The number of halogens is 1. The molecule has 7 heteroatoms. The van der Waals surface area contributed by atoms with E-state index in [0.717, 1.165) is 16.5 Å². The second kappa shape index (κ2) is 8.13. The number of aryl methyl sites for hydroxylation is 1. The lowest BCUT2D eigenvalue weighted by Gasteiger charge is -2.28. The number of nitriles is 1. The Bertz CT molecular complexity index is 1310. The number of rotatable bonds is 3. The molecule has 1 aliphatic rings. The predicted molar refractivity (Wildman–Crippen MR) is 120 cm³/mol. The zero-order valence-electron chi connectivity index (χ0n) is 16.9. The first kappa shape index (κ1) is 20.5. The van der Waals surface area contributed by atoms with Gasteiger partial charge in [-0.15, -0.1) is 0 Å². The fourth-order valence-electron chi connectivity index (χ4n) is 3.70. The molecule has 1 aromatic heterocycles. The van der Waals surface area contributed by atoms with Gasteiger partial charge in [-0.05, 0) is 44.2 Å². The van der Waals surface area contributed by atoms with Crippen molar-refractivity contribution in [2.45, 2.75) is 19.8 Å². The number of nitrogens with two attached hydrogens (primary N) is 1. The fourth-order valence-corrected chi connectivity index (χ4v) is 3.95. The number of hydrogen-bond acceptors (Lipinski definition) is 5. The lowest BCUT2D eigenvalue weighted by molar-refractivity contribution is -0.113. The molecule has 154 valence electrons. The molecule has 0 radical (unpaired) electrons. The highest BCUT2D eigenvalue weighted by Crippen LogP contribution is 2.42. The van der Waals surface area contributed by atoms with Gasteiger partial charge in [0.15, 0.2) is 0 Å². The Labute approximate surface area is 184 Å². The maximum atomic E-state index is 13.3. The van der Waals surface area contributed by atoms with Crippen LogP contribution in [-0.4, -0.2) is 10.9 Å². The van der Waals surface area contributed by atoms with Crippen LogP contribution in [0, 0.1) is 18.3 Å². The van der Waals surface area contributed by atoms with Gasteiger partial charge in [-0.1, -0.05) is 41.4 Å². The molecule has 3 N–H and O–H groups in total. The highest BCUT2D eigenvalue weighted by Gasteiger charge is 2.37. The second-order valence-corrected chi connectivity index (χ2v) is 7.64. The van der Waals surface area contributed by atoms with E-state index in [0.29, 0.717) is 17.0 Å². The Morgan fingerprint density at radius 3 is 2.65 bits per heavy atom. The summed E-state index contributed by atoms with van der Waals surface area (Å²) >= 11 is 6.55. The number of para-hydroxylation sites is 1. The van der Waals surface area contributed by atoms with Crippen molar-refractivity contribution in [3.8, 4) is 6.07 Å². The topological polar surface area (TPSA) is 101 Å². The van der Waals surface area contributed by atoms with Gasteiger partial charge in [0.05, 0.1) is 17.0 Å². The summed E-state index contributed by atoms with van der Waals surface area (Å²) in [6.07, 6.45) is 0. The van der Waals surface area contributed by atoms with E-state index in [9.17, 15) is 10.1 Å². The molecule has 0 saturated carbocycles. The number of hydrogen-bond donors (Lipinski definition) is 2. The monoisotopic (exact) mass is 430 g/mol. The minimum atomic E-state index is -0.813. The van der Waals surface area contributed by atoms with Crippen molar-refractivity contribution in [2.24, 2.45) is 5.73 Å². The fraction of sp³-hybridized carbons (Fsp3) is 0.125. The third-order valence-corrected chi connectivity index (χ3v) is 5.45. The smallest absolute Gasteiger partial charge is 0.255 e. The zero-order chi connectivity index (χ0) is 22.1. The highest BCUT2D eigenvalue weighted by molar-refractivity contribution is 6.31. The Kier molecular flexibility index (Phi) is 5.37. The van der Waals surface area contributed by atoms with E-state index in [4.69, 9.17) is 22.1 Å². The van der Waals surface area contributed by atoms with Gasteiger partial charge in [0.25, 0.3) is 5.91 Å². The van der Waals surface area contributed by atoms with Crippen molar-refractivity contribution in [1.82, 2.24) is 4.98 Å². The number of fused-ring (bicyclic) bond motifs is 1. The third kappa shape index (κ3) is 3.83. The molecule has 0 spiro atoms. The standard InChI is InChI=1S/C24H19ClN4O2/c1-13-8-9-19-15(10-13)11-17(22(25)29-19)21-18(12-26)23(27)31-14(2)20(21)24(30)28-16-6-4-3-5-7-16/h3-11,21H,27H2,1-2H3,(H,28,30). The minimum Gasteiger partial charge on any atom is -0.445 e. The average Bonchev–Trinajstić information content (AvgIpc) is 2.73. The van der Waals surface area contributed by atoms with Crippen molar-refractivity contribution >= 4 is 34.1 Å². The number of nitrogens with one attached hydrogen (secondary N) is 1. The molecule has 0 fully saturated rings. The van der Waals surface area contributed by atoms with Crippen LogP contribution in [0.25, 0.3) is 10.9 Å². The summed E-state index contributed by atoms with van der Waals surface area (Å²) in [6, 6.07) is 18.8. The summed E-state index contributed by atoms with van der Waals surface area (Å²) in [4.78, 5) is 17.8. The third-order valence-electron chi connectivity index (χ3n) is 5.14. The van der Waals surface area contributed by atoms with Crippen LogP contribution < -0.4 is 11.1 Å². The molecule has 2 aromatic carbocycles. The lowest BCUT2D eigenvalue weighted by atomic mass is 9.83. The number of allylic oxidation sites excluding steroid dienone is 2. The lowest BCUT2D eigenvalue weighted by Crippen LogP contribution is -2.28. The molecular weight excluding hydrogens is 412 g/mol. The quantitative estimate of drug-likeness (QED) is 0.574. The van der Waals surface area contributed by atoms with E-state index in [1.54, 1.807) is 19.1 Å². The molecular formula is C24H19ClN4O2. The minimum absolute atomic E-state index is 0.0540. The Hall–Kier alpha value is -3.82. The number of ether oxygens (including phenoxy) is 1. The number of aromatic nitrogens is 1. The van der Waals surface area contributed by atoms with Crippen LogP contribution in [0.2, 0.25) is 5.15 Å². The van der Waals surface area contributed by atoms with Gasteiger partial charge in [-0.2, -0.15) is 5.26 Å². The Morgan fingerprint density at radius 1 is 1.19 bits per heavy atom. The molecule has 4 rings (SSSR count). The van der Waals surface area contributed by atoms with E-state index in [1.807, 2.05) is 49.4 Å². The van der Waals surface area contributed by atoms with E-state index < -0.39 is 11.8 Å². The Morgan fingerprint density at radius 2 is 1.94 bits per heavy atom. The summed E-state index contributed by atoms with van der Waals surface area (Å²) in [5.41, 5.74) is 9.29. The molecule has 0 bridgehead atoms. The summed E-state index contributed by atoms with van der Waals surface area (Å²) in [5, 5.41) is 13.7. The normalized spacial score (nSPS) is 16.1. The molecule has 0 aliphatic carbocycles. The number of amides is 1. The summed E-state index contributed by atoms with van der Waals surface area (Å²) in [6.45, 7) is 3.62. The SMILES string of the molecule is CC1=C(C(=O)Nc2ccccc2)C(c2cc3cc(C)ccc3nc2Cl)C(C#N)=C(N)O1. The molecule has 6 nitrogen and oxygen atoms in total. The van der Waals surface area contributed by atoms with Crippen molar-refractivity contribution in [2.75, 3.05) is 5.32 Å². The van der Waals surface area contributed by atoms with Crippen LogP contribution in [0.4, 0.5) is 5.69 Å². The first-order valence-electron chi connectivity index (χ1n) is 9.60. The van der Waals surface area contributed by atoms with Crippen molar-refractivity contribution in [3.05, 3.63) is 93.7 Å². The number of carbonyl (C=O) groups excluding carboxylic acids is 1. The average molecular weight is 431 g/mol. The maximum absolute atomic E-state index is 13.3. The van der Waals surface area contributed by atoms with Gasteiger partial charge >= 0.3 is 0 Å². The van der Waals surface area contributed by atoms with Gasteiger partial charge in [0.1, 0.15) is 22.6 Å². The molecule has 0 saturated heterocycles. The van der Waals surface area contributed by atoms with Crippen LogP contribution in [0.5, 0.6) is 0 Å². The maximum Gasteiger partial charge on any atom is 0.255 e. The van der Waals surface area contributed by atoms with Crippen LogP contribution in [-0.2, 0) is 9.53 Å². The van der Waals surface area contributed by atoms with Gasteiger partial charge < -0.3 is 15.8 Å². The summed E-state index contributed by atoms with van der Waals surface area (Å²) in [7, 11) is 0. The first-order chi connectivity index (χ1) is 14.9. The predicted octanol–water partition coefficient (Wildman–Crippen LogP) is 4.92. The van der Waals surface area contributed by atoms with Crippen LogP contribution >= 0.6 is 11.6 Å². The molecule has 1 aliphatic heterocycles. The van der Waals surface area contributed by atoms with Crippen molar-refractivity contribution in [3.63, 3.8) is 0 Å². The summed E-state index contributed by atoms with van der Waals surface area (Å²) < 4.78 is 5.55. The molecule has 1 amide bonds. The van der Waals surface area contributed by atoms with Crippen molar-refractivity contribution < 1.29 is 9.53 Å². The largest absolute Gasteiger partial charge is 0.445 e. The van der Waals surface area contributed by atoms with E-state index in [-0.39, 0.29) is 22.2 Å².